The maximum absolute atomic E-state index is 12.8. The molecule has 8 nitrogen and oxygen atoms in total. The Hall–Kier alpha value is -2.36. The Morgan fingerprint density at radius 1 is 1.22 bits per heavy atom. The number of nitrogens with zero attached hydrogens (tertiary/aromatic N) is 4. The van der Waals surface area contributed by atoms with Crippen LogP contribution in [-0.2, 0) is 16.6 Å². The van der Waals surface area contributed by atoms with E-state index in [0.717, 1.165) is 31.3 Å². The largest absolute Gasteiger partial charge is 0.343 e. The van der Waals surface area contributed by atoms with E-state index in [-0.39, 0.29) is 10.8 Å². The molecule has 9 heteroatoms. The molecule has 0 saturated carbocycles. The third-order valence-electron chi connectivity index (χ3n) is 4.82. The summed E-state index contributed by atoms with van der Waals surface area (Å²) in [5.74, 6) is 0.890. The van der Waals surface area contributed by atoms with E-state index < -0.39 is 10.0 Å². The lowest BCUT2D eigenvalue weighted by Gasteiger charge is -2.31. The molecule has 0 amide bonds. The molecule has 1 N–H and O–H groups in total. The lowest BCUT2D eigenvalue weighted by molar-refractivity contribution is 0.164. The average molecular weight is 387 g/mol. The average Bonchev–Trinajstić information content (AvgIpc) is 3.19. The minimum atomic E-state index is -3.62. The highest BCUT2D eigenvalue weighted by molar-refractivity contribution is 7.89. The van der Waals surface area contributed by atoms with E-state index in [4.69, 9.17) is 4.52 Å². The first-order chi connectivity index (χ1) is 13.1. The summed E-state index contributed by atoms with van der Waals surface area (Å²) in [5.41, 5.74) is 0.495. The zero-order valence-corrected chi connectivity index (χ0v) is 15.6. The number of fused-ring (bicyclic) bond motifs is 1. The van der Waals surface area contributed by atoms with Gasteiger partial charge in [0.2, 0.25) is 16.4 Å². The Morgan fingerprint density at radius 3 is 2.96 bits per heavy atom. The van der Waals surface area contributed by atoms with Gasteiger partial charge in [-0.2, -0.15) is 4.98 Å². The van der Waals surface area contributed by atoms with Crippen molar-refractivity contribution in [2.24, 2.45) is 5.92 Å². The van der Waals surface area contributed by atoms with Crippen LogP contribution in [0.3, 0.4) is 0 Å². The lowest BCUT2D eigenvalue weighted by atomic mass is 9.98. The molecule has 1 aliphatic heterocycles. The first-order valence-corrected chi connectivity index (χ1v) is 10.4. The molecule has 1 aromatic carbocycles. The molecule has 3 heterocycles. The number of sulfonamides is 1. The van der Waals surface area contributed by atoms with E-state index in [1.807, 2.05) is 12.1 Å². The predicted molar refractivity (Wildman–Crippen MR) is 99.2 cm³/mol. The summed E-state index contributed by atoms with van der Waals surface area (Å²) in [6, 6.07) is 8.86. The first kappa shape index (κ1) is 18.0. The van der Waals surface area contributed by atoms with Crippen LogP contribution in [0.5, 0.6) is 0 Å². The van der Waals surface area contributed by atoms with Crippen molar-refractivity contribution in [3.05, 3.63) is 48.7 Å². The summed E-state index contributed by atoms with van der Waals surface area (Å²) >= 11 is 0. The maximum Gasteiger partial charge on any atom is 0.242 e. The third-order valence-corrected chi connectivity index (χ3v) is 6.28. The van der Waals surface area contributed by atoms with Gasteiger partial charge in [-0.1, -0.05) is 23.4 Å². The van der Waals surface area contributed by atoms with Crippen molar-refractivity contribution < 1.29 is 12.9 Å². The lowest BCUT2D eigenvalue weighted by Crippen LogP contribution is -2.40. The molecular formula is C18H21N5O3S. The fourth-order valence-corrected chi connectivity index (χ4v) is 4.82. The van der Waals surface area contributed by atoms with E-state index in [2.05, 4.69) is 24.7 Å². The van der Waals surface area contributed by atoms with E-state index in [0.29, 0.717) is 24.4 Å². The fraction of sp³-hybridized carbons (Fsp3) is 0.389. The Balaban J connectivity index is 1.42. The van der Waals surface area contributed by atoms with E-state index in [9.17, 15) is 8.42 Å². The van der Waals surface area contributed by atoms with Crippen LogP contribution in [-0.4, -0.2) is 48.1 Å². The monoisotopic (exact) mass is 387 g/mol. The summed E-state index contributed by atoms with van der Waals surface area (Å²) in [6.07, 6.45) is 4.93. The topological polar surface area (TPSA) is 101 Å². The number of hydrogen-bond acceptors (Lipinski definition) is 7. The smallest absolute Gasteiger partial charge is 0.242 e. The molecule has 3 aromatic rings. The zero-order chi connectivity index (χ0) is 18.7. The quantitative estimate of drug-likeness (QED) is 0.688. The van der Waals surface area contributed by atoms with Gasteiger partial charge in [0.1, 0.15) is 4.90 Å². The van der Waals surface area contributed by atoms with Crippen LogP contribution in [0.15, 0.2) is 52.3 Å². The summed E-state index contributed by atoms with van der Waals surface area (Å²) in [5, 5.41) is 4.65. The van der Waals surface area contributed by atoms with Gasteiger partial charge in [0.25, 0.3) is 0 Å². The van der Waals surface area contributed by atoms with Crippen molar-refractivity contribution in [1.29, 1.82) is 0 Å². The predicted octanol–water partition coefficient (Wildman–Crippen LogP) is 1.81. The molecule has 4 rings (SSSR count). The van der Waals surface area contributed by atoms with Gasteiger partial charge in [0.15, 0.2) is 5.82 Å². The van der Waals surface area contributed by atoms with E-state index in [1.54, 1.807) is 24.4 Å². The fourth-order valence-electron chi connectivity index (χ4n) is 3.52. The molecule has 142 valence electrons. The molecule has 1 unspecified atom stereocenters. The van der Waals surface area contributed by atoms with Crippen molar-refractivity contribution in [1.82, 2.24) is 24.7 Å². The van der Waals surface area contributed by atoms with Gasteiger partial charge in [0.05, 0.1) is 12.1 Å². The summed E-state index contributed by atoms with van der Waals surface area (Å²) in [4.78, 5) is 10.7. The third kappa shape index (κ3) is 4.15. The van der Waals surface area contributed by atoms with Crippen molar-refractivity contribution in [3.63, 3.8) is 0 Å². The SMILES string of the molecule is O=S(=O)(NCC1CCCN(Cc2ncon2)C1)c1cccc2cccnc12. The van der Waals surface area contributed by atoms with E-state index >= 15 is 0 Å². The highest BCUT2D eigenvalue weighted by atomic mass is 32.2. The second-order valence-electron chi connectivity index (χ2n) is 6.77. The van der Waals surface area contributed by atoms with Gasteiger partial charge in [-0.15, -0.1) is 0 Å². The number of aromatic nitrogens is 3. The Bertz CT molecular complexity index is 1000. The number of piperidine rings is 1. The van der Waals surface area contributed by atoms with Crippen molar-refractivity contribution in [2.75, 3.05) is 19.6 Å². The molecule has 1 atom stereocenters. The van der Waals surface area contributed by atoms with Crippen molar-refractivity contribution >= 4 is 20.9 Å². The molecule has 1 aliphatic rings. The van der Waals surface area contributed by atoms with Crippen molar-refractivity contribution in [2.45, 2.75) is 24.3 Å². The van der Waals surface area contributed by atoms with Crippen molar-refractivity contribution in [3.8, 4) is 0 Å². The van der Waals surface area contributed by atoms with Crippen LogP contribution in [0.25, 0.3) is 10.9 Å². The number of benzene rings is 1. The van der Waals surface area contributed by atoms with Gasteiger partial charge < -0.3 is 4.52 Å². The first-order valence-electron chi connectivity index (χ1n) is 8.93. The molecule has 27 heavy (non-hydrogen) atoms. The highest BCUT2D eigenvalue weighted by Crippen LogP contribution is 2.22. The molecule has 0 spiro atoms. The molecule has 0 radical (unpaired) electrons. The summed E-state index contributed by atoms with van der Waals surface area (Å²) < 4.78 is 33.2. The van der Waals surface area contributed by atoms with Crippen LogP contribution in [0.2, 0.25) is 0 Å². The standard InChI is InChI=1S/C18H21N5O3S/c24-27(25,16-7-1-5-15-6-2-8-19-18(15)16)21-10-14-4-3-9-23(11-14)12-17-20-13-26-22-17/h1-2,5-8,13-14,21H,3-4,9-12H2. The number of para-hydroxylation sites is 1. The molecule has 1 fully saturated rings. The van der Waals surface area contributed by atoms with Gasteiger partial charge >= 0.3 is 0 Å². The second-order valence-corrected chi connectivity index (χ2v) is 8.51. The minimum Gasteiger partial charge on any atom is -0.343 e. The number of nitrogens with one attached hydrogen (secondary N) is 1. The van der Waals surface area contributed by atoms with Crippen LogP contribution < -0.4 is 4.72 Å². The Labute approximate surface area is 157 Å². The van der Waals surface area contributed by atoms with Crippen LogP contribution in [0.4, 0.5) is 0 Å². The molecule has 0 bridgehead atoms. The van der Waals surface area contributed by atoms with Gasteiger partial charge in [-0.25, -0.2) is 13.1 Å². The van der Waals surface area contributed by atoms with Crippen LogP contribution in [0.1, 0.15) is 18.7 Å². The van der Waals surface area contributed by atoms with Crippen LogP contribution in [0, 0.1) is 5.92 Å². The summed E-state index contributed by atoms with van der Waals surface area (Å²) in [6.45, 7) is 2.76. The number of rotatable bonds is 6. The summed E-state index contributed by atoms with van der Waals surface area (Å²) in [7, 11) is -3.62. The number of likely N-dealkylation sites (tertiary alicyclic amines) is 1. The molecular weight excluding hydrogens is 366 g/mol. The second kappa shape index (κ2) is 7.71. The molecule has 1 saturated heterocycles. The van der Waals surface area contributed by atoms with Gasteiger partial charge in [0, 0.05) is 24.7 Å². The normalized spacial score (nSPS) is 18.7. The maximum atomic E-state index is 12.8. The van der Waals surface area contributed by atoms with E-state index in [1.165, 1.54) is 6.39 Å². The van der Waals surface area contributed by atoms with Gasteiger partial charge in [-0.3, -0.25) is 9.88 Å². The molecule has 0 aliphatic carbocycles. The highest BCUT2D eigenvalue weighted by Gasteiger charge is 2.24. The zero-order valence-electron chi connectivity index (χ0n) is 14.8. The Kier molecular flexibility index (Phi) is 5.15. The number of hydrogen-bond donors (Lipinski definition) is 1. The molecule has 2 aromatic heterocycles. The Morgan fingerprint density at radius 2 is 2.11 bits per heavy atom. The number of pyridine rings is 1. The minimum absolute atomic E-state index is 0.222. The van der Waals surface area contributed by atoms with Crippen LogP contribution >= 0.6 is 0 Å². The van der Waals surface area contributed by atoms with Gasteiger partial charge in [-0.05, 0) is 37.4 Å².